The molecule has 1 fully saturated rings. The number of benzene rings is 1. The number of anilines is 1. The number of halogens is 1. The third kappa shape index (κ3) is 2.53. The van der Waals surface area contributed by atoms with Crippen molar-refractivity contribution in [3.63, 3.8) is 0 Å². The van der Waals surface area contributed by atoms with E-state index in [-0.39, 0.29) is 23.6 Å². The number of hydrogen-bond donors (Lipinski definition) is 2. The van der Waals surface area contributed by atoms with E-state index in [0.29, 0.717) is 17.8 Å². The average Bonchev–Trinajstić information content (AvgIpc) is 2.83. The van der Waals surface area contributed by atoms with Crippen LogP contribution in [0.25, 0.3) is 0 Å². The van der Waals surface area contributed by atoms with Gasteiger partial charge in [-0.05, 0) is 44.4 Å². The third-order valence-electron chi connectivity index (χ3n) is 3.82. The predicted octanol–water partition coefficient (Wildman–Crippen LogP) is 2.45. The largest absolute Gasteiger partial charge is 0.330 e. The standard InChI is InChI=1S/C14H19FN2O/c1-9-12(15)6-3-7-13(9)17-14(18)11-5-2-4-10(11)8-16/h3,6-7,10-11H,2,4-5,8,16H2,1H3,(H,17,18). The van der Waals surface area contributed by atoms with Crippen molar-refractivity contribution in [2.24, 2.45) is 17.6 Å². The minimum Gasteiger partial charge on any atom is -0.330 e. The van der Waals surface area contributed by atoms with Crippen molar-refractivity contribution in [1.82, 2.24) is 0 Å². The minimum absolute atomic E-state index is 0.0299. The van der Waals surface area contributed by atoms with Crippen LogP contribution in [0.4, 0.5) is 10.1 Å². The summed E-state index contributed by atoms with van der Waals surface area (Å²) in [5, 5.41) is 2.82. The molecule has 3 nitrogen and oxygen atoms in total. The predicted molar refractivity (Wildman–Crippen MR) is 69.7 cm³/mol. The van der Waals surface area contributed by atoms with Crippen molar-refractivity contribution < 1.29 is 9.18 Å². The van der Waals surface area contributed by atoms with Crippen molar-refractivity contribution in [2.45, 2.75) is 26.2 Å². The number of hydrogen-bond acceptors (Lipinski definition) is 2. The molecule has 4 heteroatoms. The molecule has 18 heavy (non-hydrogen) atoms. The summed E-state index contributed by atoms with van der Waals surface area (Å²) in [5.41, 5.74) is 6.71. The fraction of sp³-hybridized carbons (Fsp3) is 0.500. The first-order valence-electron chi connectivity index (χ1n) is 6.39. The smallest absolute Gasteiger partial charge is 0.227 e. The fourth-order valence-electron chi connectivity index (χ4n) is 2.63. The van der Waals surface area contributed by atoms with E-state index in [9.17, 15) is 9.18 Å². The van der Waals surface area contributed by atoms with Gasteiger partial charge in [-0.2, -0.15) is 0 Å². The summed E-state index contributed by atoms with van der Waals surface area (Å²) in [5.74, 6) is -0.0946. The lowest BCUT2D eigenvalue weighted by molar-refractivity contribution is -0.120. The van der Waals surface area contributed by atoms with Gasteiger partial charge < -0.3 is 11.1 Å². The number of carbonyl (C=O) groups is 1. The fourth-order valence-corrected chi connectivity index (χ4v) is 2.63. The van der Waals surface area contributed by atoms with Gasteiger partial charge in [0.1, 0.15) is 5.82 Å². The molecule has 3 N–H and O–H groups in total. The first-order chi connectivity index (χ1) is 8.63. The lowest BCUT2D eigenvalue weighted by atomic mass is 9.95. The van der Waals surface area contributed by atoms with Crippen LogP contribution in [0.3, 0.4) is 0 Å². The molecule has 2 unspecified atom stereocenters. The molecule has 1 saturated carbocycles. The van der Waals surface area contributed by atoms with Crippen LogP contribution >= 0.6 is 0 Å². The van der Waals surface area contributed by atoms with E-state index in [1.54, 1.807) is 19.1 Å². The Kier molecular flexibility index (Phi) is 3.97. The summed E-state index contributed by atoms with van der Waals surface area (Å²) >= 11 is 0. The Morgan fingerprint density at radius 3 is 3.00 bits per heavy atom. The molecule has 1 aromatic carbocycles. The van der Waals surface area contributed by atoms with Gasteiger partial charge in [0.05, 0.1) is 0 Å². The molecule has 1 aliphatic rings. The molecule has 2 rings (SSSR count). The second kappa shape index (κ2) is 5.48. The molecule has 2 atom stereocenters. The molecule has 1 aromatic rings. The highest BCUT2D eigenvalue weighted by molar-refractivity contribution is 5.93. The molecule has 1 amide bonds. The van der Waals surface area contributed by atoms with E-state index in [2.05, 4.69) is 5.32 Å². The quantitative estimate of drug-likeness (QED) is 0.865. The van der Waals surface area contributed by atoms with Crippen LogP contribution in [0.5, 0.6) is 0 Å². The van der Waals surface area contributed by atoms with Gasteiger partial charge in [0.25, 0.3) is 0 Å². The Morgan fingerprint density at radius 2 is 2.28 bits per heavy atom. The third-order valence-corrected chi connectivity index (χ3v) is 3.82. The Balaban J connectivity index is 2.09. The second-order valence-electron chi connectivity index (χ2n) is 4.93. The van der Waals surface area contributed by atoms with E-state index >= 15 is 0 Å². The average molecular weight is 250 g/mol. The maximum absolute atomic E-state index is 13.4. The van der Waals surface area contributed by atoms with Crippen molar-refractivity contribution in [3.8, 4) is 0 Å². The number of rotatable bonds is 3. The summed E-state index contributed by atoms with van der Waals surface area (Å²) in [4.78, 5) is 12.2. The topological polar surface area (TPSA) is 55.1 Å². The first-order valence-corrected chi connectivity index (χ1v) is 6.39. The number of carbonyl (C=O) groups excluding carboxylic acids is 1. The SMILES string of the molecule is Cc1c(F)cccc1NC(=O)C1CCCC1CN. The molecular formula is C14H19FN2O. The van der Waals surface area contributed by atoms with Crippen LogP contribution in [0.1, 0.15) is 24.8 Å². The highest BCUT2D eigenvalue weighted by Gasteiger charge is 2.32. The van der Waals surface area contributed by atoms with Crippen LogP contribution in [-0.4, -0.2) is 12.5 Å². The number of nitrogens with two attached hydrogens (primary N) is 1. The molecule has 0 aliphatic heterocycles. The second-order valence-corrected chi connectivity index (χ2v) is 4.93. The molecule has 98 valence electrons. The van der Waals surface area contributed by atoms with Gasteiger partial charge in [0, 0.05) is 17.2 Å². The van der Waals surface area contributed by atoms with Crippen molar-refractivity contribution >= 4 is 11.6 Å². The van der Waals surface area contributed by atoms with Gasteiger partial charge in [-0.3, -0.25) is 4.79 Å². The Hall–Kier alpha value is -1.42. The number of amides is 1. The Bertz CT molecular complexity index is 447. The Morgan fingerprint density at radius 1 is 1.50 bits per heavy atom. The number of nitrogens with one attached hydrogen (secondary N) is 1. The lowest BCUT2D eigenvalue weighted by Gasteiger charge is -2.18. The highest BCUT2D eigenvalue weighted by Crippen LogP contribution is 2.32. The zero-order chi connectivity index (χ0) is 13.1. The van der Waals surface area contributed by atoms with Gasteiger partial charge in [0.15, 0.2) is 0 Å². The van der Waals surface area contributed by atoms with Gasteiger partial charge in [-0.15, -0.1) is 0 Å². The van der Waals surface area contributed by atoms with E-state index in [4.69, 9.17) is 5.73 Å². The summed E-state index contributed by atoms with van der Waals surface area (Å²) in [7, 11) is 0. The Labute approximate surface area is 107 Å². The van der Waals surface area contributed by atoms with Crippen LogP contribution in [-0.2, 0) is 4.79 Å². The molecule has 0 bridgehead atoms. The minimum atomic E-state index is -0.297. The normalized spacial score (nSPS) is 23.1. The van der Waals surface area contributed by atoms with E-state index < -0.39 is 0 Å². The van der Waals surface area contributed by atoms with Gasteiger partial charge >= 0.3 is 0 Å². The zero-order valence-corrected chi connectivity index (χ0v) is 10.6. The summed E-state index contributed by atoms with van der Waals surface area (Å²) in [6.45, 7) is 2.21. The molecular weight excluding hydrogens is 231 g/mol. The first kappa shape index (κ1) is 13.0. The maximum atomic E-state index is 13.4. The maximum Gasteiger partial charge on any atom is 0.227 e. The molecule has 0 heterocycles. The van der Waals surface area contributed by atoms with Crippen LogP contribution < -0.4 is 11.1 Å². The molecule has 0 spiro atoms. The summed E-state index contributed by atoms with van der Waals surface area (Å²) < 4.78 is 13.4. The van der Waals surface area contributed by atoms with E-state index in [1.807, 2.05) is 0 Å². The van der Waals surface area contributed by atoms with Crippen molar-refractivity contribution in [3.05, 3.63) is 29.6 Å². The monoisotopic (exact) mass is 250 g/mol. The molecule has 0 aromatic heterocycles. The molecule has 1 aliphatic carbocycles. The van der Waals surface area contributed by atoms with Crippen LogP contribution in [0.2, 0.25) is 0 Å². The van der Waals surface area contributed by atoms with Crippen molar-refractivity contribution in [1.29, 1.82) is 0 Å². The molecule has 0 radical (unpaired) electrons. The van der Waals surface area contributed by atoms with Gasteiger partial charge in [0.2, 0.25) is 5.91 Å². The lowest BCUT2D eigenvalue weighted by Crippen LogP contribution is -2.30. The summed E-state index contributed by atoms with van der Waals surface area (Å²) in [6, 6.07) is 4.72. The van der Waals surface area contributed by atoms with Crippen LogP contribution in [0, 0.1) is 24.6 Å². The van der Waals surface area contributed by atoms with E-state index in [1.165, 1.54) is 6.07 Å². The van der Waals surface area contributed by atoms with Gasteiger partial charge in [-0.1, -0.05) is 12.5 Å². The molecule has 0 saturated heterocycles. The van der Waals surface area contributed by atoms with Gasteiger partial charge in [-0.25, -0.2) is 4.39 Å². The summed E-state index contributed by atoms with van der Waals surface area (Å²) in [6.07, 6.45) is 2.93. The van der Waals surface area contributed by atoms with Crippen molar-refractivity contribution in [2.75, 3.05) is 11.9 Å². The van der Waals surface area contributed by atoms with E-state index in [0.717, 1.165) is 19.3 Å². The zero-order valence-electron chi connectivity index (χ0n) is 10.6. The highest BCUT2D eigenvalue weighted by atomic mass is 19.1. The van der Waals surface area contributed by atoms with Crippen LogP contribution in [0.15, 0.2) is 18.2 Å².